The highest BCUT2D eigenvalue weighted by molar-refractivity contribution is 5.39. The fourth-order valence-corrected chi connectivity index (χ4v) is 2.24. The average molecular weight is 305 g/mol. The van der Waals surface area contributed by atoms with Gasteiger partial charge in [0, 0.05) is 6.54 Å². The summed E-state index contributed by atoms with van der Waals surface area (Å²) in [5, 5.41) is 3.03. The zero-order chi connectivity index (χ0) is 15.3. The Hall–Kier alpha value is -1.47. The topological polar surface area (TPSA) is 39.7 Å². The normalized spacial score (nSPS) is 22.3. The Labute approximate surface area is 121 Å². The summed E-state index contributed by atoms with van der Waals surface area (Å²) in [6.07, 6.45) is -2.97. The van der Waals surface area contributed by atoms with E-state index in [1.807, 2.05) is 7.05 Å². The summed E-state index contributed by atoms with van der Waals surface area (Å²) in [5.41, 5.74) is 0. The molecule has 1 aromatic rings. The van der Waals surface area contributed by atoms with Crippen LogP contribution in [0.2, 0.25) is 0 Å². The number of hydrogen-bond acceptors (Lipinski definition) is 4. The quantitative estimate of drug-likeness (QED) is 0.877. The van der Waals surface area contributed by atoms with Gasteiger partial charge < -0.3 is 19.5 Å². The van der Waals surface area contributed by atoms with Crippen molar-refractivity contribution in [1.82, 2.24) is 5.32 Å². The number of nitrogens with one attached hydrogen (secondary N) is 1. The highest BCUT2D eigenvalue weighted by Crippen LogP contribution is 2.32. The first-order valence-corrected chi connectivity index (χ1v) is 6.75. The van der Waals surface area contributed by atoms with Gasteiger partial charge in [-0.25, -0.2) is 0 Å². The minimum atomic E-state index is -4.73. The predicted octanol–water partition coefficient (Wildman–Crippen LogP) is 2.73. The lowest BCUT2D eigenvalue weighted by atomic mass is 10.2. The lowest BCUT2D eigenvalue weighted by molar-refractivity contribution is -0.275. The molecule has 0 spiro atoms. The molecule has 1 fully saturated rings. The second-order valence-corrected chi connectivity index (χ2v) is 4.82. The van der Waals surface area contributed by atoms with Crippen LogP contribution in [0, 0.1) is 0 Å². The molecule has 1 saturated heterocycles. The van der Waals surface area contributed by atoms with Gasteiger partial charge in [0.15, 0.2) is 11.5 Å². The zero-order valence-electron chi connectivity index (χ0n) is 11.7. The lowest BCUT2D eigenvalue weighted by Gasteiger charge is -2.17. The second kappa shape index (κ2) is 7.00. The molecule has 2 rings (SSSR count). The van der Waals surface area contributed by atoms with Crippen LogP contribution in [0.3, 0.4) is 0 Å². The molecule has 1 aromatic carbocycles. The monoisotopic (exact) mass is 305 g/mol. The van der Waals surface area contributed by atoms with Crippen molar-refractivity contribution in [2.24, 2.45) is 0 Å². The fourth-order valence-electron chi connectivity index (χ4n) is 2.24. The molecule has 2 unspecified atom stereocenters. The third-order valence-corrected chi connectivity index (χ3v) is 3.13. The summed E-state index contributed by atoms with van der Waals surface area (Å²) in [6.45, 7) is 0.961. The summed E-state index contributed by atoms with van der Waals surface area (Å²) in [5.74, 6) is -0.273. The molecular formula is C14H18F3NO3. The van der Waals surface area contributed by atoms with Crippen molar-refractivity contribution in [3.05, 3.63) is 24.3 Å². The third kappa shape index (κ3) is 5.09. The maximum Gasteiger partial charge on any atom is 0.573 e. The standard InChI is InChI=1S/C14H18F3NO3/c1-18-8-10-6-7-11(20-10)9-19-12-4-2-3-5-13(12)21-14(15,16)17/h2-5,10-11,18H,6-9H2,1H3. The largest absolute Gasteiger partial charge is 0.573 e. The van der Waals surface area contributed by atoms with Crippen LogP contribution in [-0.4, -0.2) is 38.8 Å². The van der Waals surface area contributed by atoms with E-state index in [4.69, 9.17) is 9.47 Å². The number of rotatable bonds is 6. The molecule has 4 nitrogen and oxygen atoms in total. The smallest absolute Gasteiger partial charge is 0.487 e. The Morgan fingerprint density at radius 2 is 1.86 bits per heavy atom. The van der Waals surface area contributed by atoms with Gasteiger partial charge in [0.1, 0.15) is 6.61 Å². The molecular weight excluding hydrogens is 287 g/mol. The predicted molar refractivity (Wildman–Crippen MR) is 70.4 cm³/mol. The first-order chi connectivity index (χ1) is 9.98. The Kier molecular flexibility index (Phi) is 5.30. The van der Waals surface area contributed by atoms with Crippen molar-refractivity contribution in [1.29, 1.82) is 0 Å². The molecule has 7 heteroatoms. The van der Waals surface area contributed by atoms with E-state index in [2.05, 4.69) is 10.1 Å². The maximum absolute atomic E-state index is 12.3. The first kappa shape index (κ1) is 15.9. The molecule has 0 aliphatic carbocycles. The molecule has 1 heterocycles. The molecule has 0 bridgehead atoms. The molecule has 0 aromatic heterocycles. The number of hydrogen-bond donors (Lipinski definition) is 1. The van der Waals surface area contributed by atoms with E-state index in [-0.39, 0.29) is 30.3 Å². The number of likely N-dealkylation sites (N-methyl/N-ethyl adjacent to an activating group) is 1. The van der Waals surface area contributed by atoms with E-state index in [1.54, 1.807) is 6.07 Å². The minimum absolute atomic E-state index is 0.0653. The van der Waals surface area contributed by atoms with E-state index >= 15 is 0 Å². The van der Waals surface area contributed by atoms with Crippen LogP contribution in [0.5, 0.6) is 11.5 Å². The van der Waals surface area contributed by atoms with Gasteiger partial charge in [0.25, 0.3) is 0 Å². The van der Waals surface area contributed by atoms with E-state index in [9.17, 15) is 13.2 Å². The Morgan fingerprint density at radius 1 is 1.19 bits per heavy atom. The van der Waals surface area contributed by atoms with Crippen LogP contribution in [0.15, 0.2) is 24.3 Å². The molecule has 2 atom stereocenters. The van der Waals surface area contributed by atoms with Gasteiger partial charge in [0.2, 0.25) is 0 Å². The van der Waals surface area contributed by atoms with Crippen LogP contribution in [-0.2, 0) is 4.74 Å². The van der Waals surface area contributed by atoms with Gasteiger partial charge in [-0.1, -0.05) is 12.1 Å². The molecule has 0 amide bonds. The van der Waals surface area contributed by atoms with Crippen molar-refractivity contribution < 1.29 is 27.4 Å². The Bertz CT molecular complexity index is 453. The van der Waals surface area contributed by atoms with E-state index in [0.717, 1.165) is 19.4 Å². The van der Waals surface area contributed by atoms with Crippen LogP contribution in [0.1, 0.15) is 12.8 Å². The van der Waals surface area contributed by atoms with Gasteiger partial charge in [-0.05, 0) is 32.0 Å². The van der Waals surface area contributed by atoms with Crippen LogP contribution in [0.4, 0.5) is 13.2 Å². The van der Waals surface area contributed by atoms with E-state index < -0.39 is 6.36 Å². The van der Waals surface area contributed by atoms with Gasteiger partial charge in [-0.2, -0.15) is 0 Å². The number of halogens is 3. The van der Waals surface area contributed by atoms with Gasteiger partial charge in [-0.15, -0.1) is 13.2 Å². The second-order valence-electron chi connectivity index (χ2n) is 4.82. The SMILES string of the molecule is CNCC1CCC(COc2ccccc2OC(F)(F)F)O1. The average Bonchev–Trinajstić information content (AvgIpc) is 2.84. The van der Waals surface area contributed by atoms with Gasteiger partial charge >= 0.3 is 6.36 Å². The molecule has 1 aliphatic heterocycles. The summed E-state index contributed by atoms with van der Waals surface area (Å²) in [4.78, 5) is 0. The van der Waals surface area contributed by atoms with Crippen LogP contribution < -0.4 is 14.8 Å². The highest BCUT2D eigenvalue weighted by atomic mass is 19.4. The Morgan fingerprint density at radius 3 is 2.52 bits per heavy atom. The number of benzene rings is 1. The lowest BCUT2D eigenvalue weighted by Crippen LogP contribution is -2.26. The number of ether oxygens (including phenoxy) is 3. The Balaban J connectivity index is 1.89. The highest BCUT2D eigenvalue weighted by Gasteiger charge is 2.32. The number of para-hydroxylation sites is 2. The molecule has 1 N–H and O–H groups in total. The minimum Gasteiger partial charge on any atom is -0.487 e. The van der Waals surface area contributed by atoms with Crippen molar-refractivity contribution in [3.63, 3.8) is 0 Å². The third-order valence-electron chi connectivity index (χ3n) is 3.13. The summed E-state index contributed by atoms with van der Waals surface area (Å²) in [6, 6.07) is 5.73. The fraction of sp³-hybridized carbons (Fsp3) is 0.571. The van der Waals surface area contributed by atoms with Crippen molar-refractivity contribution >= 4 is 0 Å². The molecule has 1 aliphatic rings. The van der Waals surface area contributed by atoms with E-state index in [1.165, 1.54) is 18.2 Å². The van der Waals surface area contributed by atoms with Gasteiger partial charge in [-0.3, -0.25) is 0 Å². The summed E-state index contributed by atoms with van der Waals surface area (Å²) < 4.78 is 51.9. The van der Waals surface area contributed by atoms with Crippen molar-refractivity contribution in [3.8, 4) is 11.5 Å². The number of alkyl halides is 3. The molecule has 21 heavy (non-hydrogen) atoms. The van der Waals surface area contributed by atoms with E-state index in [0.29, 0.717) is 0 Å². The van der Waals surface area contributed by atoms with Crippen molar-refractivity contribution in [2.45, 2.75) is 31.4 Å². The molecule has 118 valence electrons. The maximum atomic E-state index is 12.3. The van der Waals surface area contributed by atoms with Gasteiger partial charge in [0.05, 0.1) is 12.2 Å². The summed E-state index contributed by atoms with van der Waals surface area (Å²) >= 11 is 0. The summed E-state index contributed by atoms with van der Waals surface area (Å²) in [7, 11) is 1.85. The van der Waals surface area contributed by atoms with Crippen LogP contribution in [0.25, 0.3) is 0 Å². The first-order valence-electron chi connectivity index (χ1n) is 6.75. The van der Waals surface area contributed by atoms with Crippen LogP contribution >= 0.6 is 0 Å². The molecule has 0 saturated carbocycles. The zero-order valence-corrected chi connectivity index (χ0v) is 11.7. The van der Waals surface area contributed by atoms with Crippen molar-refractivity contribution in [2.75, 3.05) is 20.2 Å². The molecule has 0 radical (unpaired) electrons.